The number of rotatable bonds is 5. The van der Waals surface area contributed by atoms with Crippen LogP contribution in [0.15, 0.2) is 28.6 Å². The fourth-order valence-corrected chi connectivity index (χ4v) is 3.96. The van der Waals surface area contributed by atoms with E-state index >= 15 is 0 Å². The summed E-state index contributed by atoms with van der Waals surface area (Å²) in [6.45, 7) is 4.07. The lowest BCUT2D eigenvalue weighted by Gasteiger charge is -2.04. The first-order valence-corrected chi connectivity index (χ1v) is 7.98. The number of nitrogens with two attached hydrogens (primary N) is 1. The van der Waals surface area contributed by atoms with Crippen molar-refractivity contribution in [3.63, 3.8) is 0 Å². The molecule has 0 radical (unpaired) electrons. The van der Waals surface area contributed by atoms with Gasteiger partial charge in [-0.1, -0.05) is 6.08 Å². The summed E-state index contributed by atoms with van der Waals surface area (Å²) in [6, 6.07) is 5.60. The Hall–Kier alpha value is -1.62. The van der Waals surface area contributed by atoms with Gasteiger partial charge in [-0.3, -0.25) is 4.79 Å². The molecular formula is C13H10BrN3OS2. The molecule has 2 rings (SSSR count). The monoisotopic (exact) mass is 367 g/mol. The molecule has 20 heavy (non-hydrogen) atoms. The van der Waals surface area contributed by atoms with Crippen molar-refractivity contribution in [2.75, 3.05) is 17.6 Å². The first-order chi connectivity index (χ1) is 9.58. The predicted octanol–water partition coefficient (Wildman–Crippen LogP) is 3.85. The van der Waals surface area contributed by atoms with Crippen molar-refractivity contribution >= 4 is 55.1 Å². The molecule has 0 saturated carbocycles. The summed E-state index contributed by atoms with van der Waals surface area (Å²) in [6.07, 6.45) is 1.66. The Morgan fingerprint density at radius 3 is 2.85 bits per heavy atom. The highest BCUT2D eigenvalue weighted by Crippen LogP contribution is 2.37. The summed E-state index contributed by atoms with van der Waals surface area (Å²) in [4.78, 5) is 13.5. The Morgan fingerprint density at radius 1 is 1.55 bits per heavy atom. The summed E-state index contributed by atoms with van der Waals surface area (Å²) >= 11 is 5.81. The molecule has 0 aromatic carbocycles. The smallest absolute Gasteiger partial charge is 0.215 e. The number of hydrogen-bond acceptors (Lipinski definition) is 6. The van der Waals surface area contributed by atoms with Gasteiger partial charge in [0, 0.05) is 6.54 Å². The molecule has 0 aliphatic rings. The number of carbonyl (C=O) groups is 1. The van der Waals surface area contributed by atoms with Gasteiger partial charge in [-0.15, -0.1) is 29.3 Å². The fraction of sp³-hybridized carbons (Fsp3) is 0.0769. The first-order valence-electron chi connectivity index (χ1n) is 5.55. The molecule has 0 amide bonds. The van der Waals surface area contributed by atoms with E-state index in [1.54, 1.807) is 12.1 Å². The van der Waals surface area contributed by atoms with Gasteiger partial charge in [0.15, 0.2) is 0 Å². The van der Waals surface area contributed by atoms with Crippen LogP contribution in [0.25, 0.3) is 0 Å². The molecule has 0 aliphatic heterocycles. The van der Waals surface area contributed by atoms with Gasteiger partial charge in [0.2, 0.25) is 5.78 Å². The zero-order valence-electron chi connectivity index (χ0n) is 10.3. The summed E-state index contributed by atoms with van der Waals surface area (Å²) in [5, 5.41) is 12.5. The van der Waals surface area contributed by atoms with Gasteiger partial charge in [0.05, 0.1) is 14.4 Å². The van der Waals surface area contributed by atoms with Crippen LogP contribution in [0.4, 0.5) is 10.7 Å². The van der Waals surface area contributed by atoms with Crippen LogP contribution in [-0.4, -0.2) is 12.3 Å². The number of nitrogen functional groups attached to an aromatic ring is 1. The molecule has 4 nitrogen and oxygen atoms in total. The summed E-state index contributed by atoms with van der Waals surface area (Å²) < 4.78 is 0.881. The van der Waals surface area contributed by atoms with Crippen molar-refractivity contribution in [3.05, 3.63) is 43.9 Å². The third kappa shape index (κ3) is 2.77. The van der Waals surface area contributed by atoms with Crippen LogP contribution in [0.2, 0.25) is 0 Å². The van der Waals surface area contributed by atoms with Crippen LogP contribution in [0, 0.1) is 11.3 Å². The van der Waals surface area contributed by atoms with E-state index in [1.807, 2.05) is 12.1 Å². The highest BCUT2D eigenvalue weighted by Gasteiger charge is 2.23. The first kappa shape index (κ1) is 14.8. The predicted molar refractivity (Wildman–Crippen MR) is 87.6 cm³/mol. The maximum atomic E-state index is 12.5. The normalized spacial score (nSPS) is 10.0. The molecule has 0 fully saturated rings. The average molecular weight is 368 g/mol. The number of hydrogen-bond donors (Lipinski definition) is 2. The largest absolute Gasteiger partial charge is 0.389 e. The molecule has 0 spiro atoms. The van der Waals surface area contributed by atoms with E-state index in [9.17, 15) is 4.79 Å². The van der Waals surface area contributed by atoms with Crippen molar-refractivity contribution < 1.29 is 4.79 Å². The maximum Gasteiger partial charge on any atom is 0.215 e. The van der Waals surface area contributed by atoms with Gasteiger partial charge in [-0.2, -0.15) is 5.26 Å². The SMILES string of the molecule is C=CCNc1c(C(=O)c2ccc(Br)s2)sc(N)c1C#N. The van der Waals surface area contributed by atoms with Crippen LogP contribution in [0.1, 0.15) is 20.1 Å². The minimum absolute atomic E-state index is 0.134. The number of nitrogens with one attached hydrogen (secondary N) is 1. The van der Waals surface area contributed by atoms with Gasteiger partial charge in [-0.05, 0) is 28.1 Å². The zero-order chi connectivity index (χ0) is 14.7. The number of nitrogens with zero attached hydrogens (tertiary/aromatic N) is 1. The number of ketones is 1. The van der Waals surface area contributed by atoms with Gasteiger partial charge in [0.25, 0.3) is 0 Å². The Morgan fingerprint density at radius 2 is 2.30 bits per heavy atom. The van der Waals surface area contributed by atoms with Crippen LogP contribution in [0.3, 0.4) is 0 Å². The van der Waals surface area contributed by atoms with Crippen LogP contribution < -0.4 is 11.1 Å². The van der Waals surface area contributed by atoms with E-state index in [4.69, 9.17) is 11.0 Å². The molecule has 102 valence electrons. The third-order valence-corrected chi connectivity index (χ3v) is 5.11. The summed E-state index contributed by atoms with van der Waals surface area (Å²) in [7, 11) is 0. The van der Waals surface area contributed by atoms with Crippen LogP contribution in [0.5, 0.6) is 0 Å². The lowest BCUT2D eigenvalue weighted by Crippen LogP contribution is -2.05. The Labute approximate surface area is 132 Å². The van der Waals surface area contributed by atoms with Crippen molar-refractivity contribution in [1.82, 2.24) is 0 Å². The molecule has 0 atom stereocenters. The van der Waals surface area contributed by atoms with Gasteiger partial charge < -0.3 is 11.1 Å². The molecule has 0 aliphatic carbocycles. The molecule has 2 heterocycles. The van der Waals surface area contributed by atoms with E-state index in [1.165, 1.54) is 11.3 Å². The van der Waals surface area contributed by atoms with Crippen molar-refractivity contribution in [1.29, 1.82) is 5.26 Å². The molecule has 3 N–H and O–H groups in total. The lowest BCUT2D eigenvalue weighted by molar-refractivity contribution is 0.104. The van der Waals surface area contributed by atoms with Crippen molar-refractivity contribution in [2.24, 2.45) is 0 Å². The number of halogens is 1. The number of anilines is 2. The molecular weight excluding hydrogens is 358 g/mol. The van der Waals surface area contributed by atoms with Gasteiger partial charge in [-0.25, -0.2) is 0 Å². The Balaban J connectivity index is 2.48. The third-order valence-electron chi connectivity index (χ3n) is 2.47. The number of nitriles is 1. The molecule has 0 bridgehead atoms. The minimum atomic E-state index is -0.134. The van der Waals surface area contributed by atoms with Crippen molar-refractivity contribution in [3.8, 4) is 6.07 Å². The van der Waals surface area contributed by atoms with E-state index in [2.05, 4.69) is 27.8 Å². The van der Waals surface area contributed by atoms with E-state index in [-0.39, 0.29) is 5.78 Å². The van der Waals surface area contributed by atoms with Crippen LogP contribution >= 0.6 is 38.6 Å². The van der Waals surface area contributed by atoms with E-state index in [0.29, 0.717) is 32.6 Å². The molecule has 7 heteroatoms. The topological polar surface area (TPSA) is 78.9 Å². The molecule has 2 aromatic heterocycles. The maximum absolute atomic E-state index is 12.5. The highest BCUT2D eigenvalue weighted by molar-refractivity contribution is 9.11. The van der Waals surface area contributed by atoms with E-state index < -0.39 is 0 Å². The average Bonchev–Trinajstić information content (AvgIpc) is 2.99. The second-order valence-corrected chi connectivity index (χ2v) is 7.27. The second-order valence-electron chi connectivity index (χ2n) is 3.76. The quantitative estimate of drug-likeness (QED) is 0.621. The summed E-state index contributed by atoms with van der Waals surface area (Å²) in [5.74, 6) is -0.134. The lowest BCUT2D eigenvalue weighted by atomic mass is 10.2. The molecule has 0 saturated heterocycles. The number of thiophene rings is 2. The Kier molecular flexibility index (Phi) is 4.60. The van der Waals surface area contributed by atoms with E-state index in [0.717, 1.165) is 15.1 Å². The molecule has 2 aromatic rings. The van der Waals surface area contributed by atoms with Gasteiger partial charge >= 0.3 is 0 Å². The zero-order valence-corrected chi connectivity index (χ0v) is 13.5. The highest BCUT2D eigenvalue weighted by atomic mass is 79.9. The Bertz CT molecular complexity index is 712. The number of carbonyl (C=O) groups excluding carboxylic acids is 1. The fourth-order valence-electron chi connectivity index (χ4n) is 1.61. The van der Waals surface area contributed by atoms with Gasteiger partial charge in [0.1, 0.15) is 21.5 Å². The van der Waals surface area contributed by atoms with Crippen molar-refractivity contribution in [2.45, 2.75) is 0 Å². The van der Waals surface area contributed by atoms with Crippen LogP contribution in [-0.2, 0) is 0 Å². The standard InChI is InChI=1S/C13H10BrN3OS2/c1-2-5-17-10-7(6-15)13(16)20-12(10)11(18)8-3-4-9(14)19-8/h2-4,17H,1,5,16H2. The second kappa shape index (κ2) is 6.22. The minimum Gasteiger partial charge on any atom is -0.389 e. The summed E-state index contributed by atoms with van der Waals surface area (Å²) in [5.41, 5.74) is 6.62. The molecule has 0 unspecified atom stereocenters.